The maximum absolute atomic E-state index is 5.83. The minimum atomic E-state index is 0.384. The van der Waals surface area contributed by atoms with Gasteiger partial charge in [0.25, 0.3) is 0 Å². The Labute approximate surface area is 81.8 Å². The first kappa shape index (κ1) is 11.0. The summed E-state index contributed by atoms with van der Waals surface area (Å²) in [6.45, 7) is 8.28. The van der Waals surface area contributed by atoms with E-state index in [0.717, 1.165) is 19.6 Å². The molecule has 1 atom stereocenters. The monoisotopic (exact) mass is 185 g/mol. The molecule has 0 aromatic heterocycles. The molecule has 0 bridgehead atoms. The predicted molar refractivity (Wildman–Crippen MR) is 55.6 cm³/mol. The van der Waals surface area contributed by atoms with Crippen LogP contribution in [0.15, 0.2) is 0 Å². The van der Waals surface area contributed by atoms with E-state index in [-0.39, 0.29) is 0 Å². The molecule has 13 heavy (non-hydrogen) atoms. The number of ether oxygens (including phenoxy) is 1. The maximum Gasteiger partial charge on any atom is 0.0570 e. The third kappa shape index (κ3) is 3.28. The summed E-state index contributed by atoms with van der Waals surface area (Å²) in [5.74, 6) is 0.619. The van der Waals surface area contributed by atoms with Gasteiger partial charge in [-0.15, -0.1) is 0 Å². The van der Waals surface area contributed by atoms with E-state index in [2.05, 4.69) is 20.8 Å². The Hall–Kier alpha value is -0.0800. The summed E-state index contributed by atoms with van der Waals surface area (Å²) < 4.78 is 5.83. The molecule has 1 fully saturated rings. The summed E-state index contributed by atoms with van der Waals surface area (Å²) in [6, 6.07) is 0. The highest BCUT2D eigenvalue weighted by Gasteiger charge is 2.42. The Morgan fingerprint density at radius 3 is 2.31 bits per heavy atom. The van der Waals surface area contributed by atoms with E-state index < -0.39 is 0 Å². The van der Waals surface area contributed by atoms with E-state index in [0.29, 0.717) is 17.4 Å². The highest BCUT2D eigenvalue weighted by molar-refractivity contribution is 4.93. The second-order valence-electron chi connectivity index (χ2n) is 4.80. The second kappa shape index (κ2) is 4.43. The van der Waals surface area contributed by atoms with Crippen LogP contribution in [0, 0.1) is 11.3 Å². The molecule has 0 saturated heterocycles. The van der Waals surface area contributed by atoms with Crippen molar-refractivity contribution >= 4 is 0 Å². The number of nitrogens with two attached hydrogens (primary N) is 1. The fourth-order valence-electron chi connectivity index (χ4n) is 1.45. The number of hydrogen-bond acceptors (Lipinski definition) is 2. The van der Waals surface area contributed by atoms with Crippen LogP contribution in [-0.2, 0) is 4.74 Å². The van der Waals surface area contributed by atoms with Crippen LogP contribution in [0.2, 0.25) is 0 Å². The van der Waals surface area contributed by atoms with Gasteiger partial charge in [-0.25, -0.2) is 0 Å². The van der Waals surface area contributed by atoms with Crippen LogP contribution in [0.5, 0.6) is 0 Å². The zero-order valence-electron chi connectivity index (χ0n) is 9.18. The van der Waals surface area contributed by atoms with Gasteiger partial charge in [0.2, 0.25) is 0 Å². The van der Waals surface area contributed by atoms with Crippen LogP contribution in [0.3, 0.4) is 0 Å². The predicted octanol–water partition coefficient (Wildman–Crippen LogP) is 2.18. The highest BCUT2D eigenvalue weighted by atomic mass is 16.5. The third-order valence-corrected chi connectivity index (χ3v) is 3.22. The second-order valence-corrected chi connectivity index (χ2v) is 4.80. The maximum atomic E-state index is 5.83. The SMILES string of the molecule is CC(C)C(C)OCC1(CCN)CC1. The lowest BCUT2D eigenvalue weighted by atomic mass is 10.0. The van der Waals surface area contributed by atoms with Crippen molar-refractivity contribution in [1.29, 1.82) is 0 Å². The lowest BCUT2D eigenvalue weighted by Gasteiger charge is -2.21. The first-order valence-corrected chi connectivity index (χ1v) is 5.41. The van der Waals surface area contributed by atoms with Crippen molar-refractivity contribution in [3.8, 4) is 0 Å². The van der Waals surface area contributed by atoms with Crippen molar-refractivity contribution in [3.63, 3.8) is 0 Å². The molecule has 0 aliphatic heterocycles. The van der Waals surface area contributed by atoms with Crippen LogP contribution in [0.4, 0.5) is 0 Å². The molecule has 2 heteroatoms. The fraction of sp³-hybridized carbons (Fsp3) is 1.00. The molecule has 1 unspecified atom stereocenters. The van der Waals surface area contributed by atoms with Crippen LogP contribution in [-0.4, -0.2) is 19.3 Å². The molecule has 0 aromatic carbocycles. The summed E-state index contributed by atoms with van der Waals surface area (Å²) >= 11 is 0. The topological polar surface area (TPSA) is 35.2 Å². The van der Waals surface area contributed by atoms with Gasteiger partial charge in [0.1, 0.15) is 0 Å². The molecular weight excluding hydrogens is 162 g/mol. The Bertz CT molecular complexity index is 152. The normalized spacial score (nSPS) is 21.9. The molecule has 0 radical (unpaired) electrons. The Balaban J connectivity index is 2.18. The molecule has 1 aliphatic rings. The molecule has 2 nitrogen and oxygen atoms in total. The Morgan fingerprint density at radius 2 is 1.92 bits per heavy atom. The van der Waals surface area contributed by atoms with Crippen molar-refractivity contribution in [2.75, 3.05) is 13.2 Å². The molecule has 78 valence electrons. The largest absolute Gasteiger partial charge is 0.378 e. The molecule has 0 amide bonds. The van der Waals surface area contributed by atoms with Crippen molar-refractivity contribution in [1.82, 2.24) is 0 Å². The van der Waals surface area contributed by atoms with Gasteiger partial charge in [-0.2, -0.15) is 0 Å². The van der Waals surface area contributed by atoms with Crippen LogP contribution in [0.1, 0.15) is 40.0 Å². The molecule has 0 heterocycles. The smallest absolute Gasteiger partial charge is 0.0570 e. The Morgan fingerprint density at radius 1 is 1.31 bits per heavy atom. The summed E-state index contributed by atoms with van der Waals surface area (Å²) in [5, 5.41) is 0. The van der Waals surface area contributed by atoms with Crippen molar-refractivity contribution in [2.24, 2.45) is 17.1 Å². The number of rotatable bonds is 6. The standard InChI is InChI=1S/C11H23NO/c1-9(2)10(3)13-8-11(4-5-11)6-7-12/h9-10H,4-8,12H2,1-3H3. The zero-order valence-corrected chi connectivity index (χ0v) is 9.18. The van der Waals surface area contributed by atoms with Crippen LogP contribution >= 0.6 is 0 Å². The minimum absolute atomic E-state index is 0.384. The summed E-state index contributed by atoms with van der Waals surface area (Å²) in [5.41, 5.74) is 6.04. The van der Waals surface area contributed by atoms with E-state index in [1.165, 1.54) is 12.8 Å². The van der Waals surface area contributed by atoms with Gasteiger partial charge in [0.15, 0.2) is 0 Å². The molecule has 1 rings (SSSR count). The van der Waals surface area contributed by atoms with E-state index in [1.807, 2.05) is 0 Å². The quantitative estimate of drug-likeness (QED) is 0.688. The van der Waals surface area contributed by atoms with Crippen molar-refractivity contribution in [2.45, 2.75) is 46.1 Å². The zero-order chi connectivity index (χ0) is 9.90. The molecule has 0 spiro atoms. The summed E-state index contributed by atoms with van der Waals surface area (Å²) in [7, 11) is 0. The minimum Gasteiger partial charge on any atom is -0.378 e. The molecule has 1 aliphatic carbocycles. The molecule has 2 N–H and O–H groups in total. The molecule has 1 saturated carbocycles. The van der Waals surface area contributed by atoms with Gasteiger partial charge in [-0.3, -0.25) is 0 Å². The van der Waals surface area contributed by atoms with E-state index >= 15 is 0 Å². The molecular formula is C11H23NO. The molecule has 0 aromatic rings. The van der Waals surface area contributed by atoms with Gasteiger partial charge in [0.05, 0.1) is 12.7 Å². The average molecular weight is 185 g/mol. The van der Waals surface area contributed by atoms with E-state index in [1.54, 1.807) is 0 Å². The lowest BCUT2D eigenvalue weighted by Crippen LogP contribution is -2.22. The average Bonchev–Trinajstić information content (AvgIpc) is 2.82. The van der Waals surface area contributed by atoms with Gasteiger partial charge in [0, 0.05) is 0 Å². The lowest BCUT2D eigenvalue weighted by molar-refractivity contribution is 0.00604. The first-order chi connectivity index (χ1) is 6.09. The van der Waals surface area contributed by atoms with Crippen LogP contribution in [0.25, 0.3) is 0 Å². The van der Waals surface area contributed by atoms with Gasteiger partial charge < -0.3 is 10.5 Å². The van der Waals surface area contributed by atoms with Crippen molar-refractivity contribution < 1.29 is 4.74 Å². The van der Waals surface area contributed by atoms with Crippen molar-refractivity contribution in [3.05, 3.63) is 0 Å². The van der Waals surface area contributed by atoms with Gasteiger partial charge in [-0.1, -0.05) is 13.8 Å². The third-order valence-electron chi connectivity index (χ3n) is 3.22. The van der Waals surface area contributed by atoms with E-state index in [9.17, 15) is 0 Å². The summed E-state index contributed by atoms with van der Waals surface area (Å²) in [6.07, 6.45) is 4.15. The Kier molecular flexibility index (Phi) is 3.74. The van der Waals surface area contributed by atoms with Gasteiger partial charge in [-0.05, 0) is 44.1 Å². The van der Waals surface area contributed by atoms with E-state index in [4.69, 9.17) is 10.5 Å². The van der Waals surface area contributed by atoms with Gasteiger partial charge >= 0.3 is 0 Å². The first-order valence-electron chi connectivity index (χ1n) is 5.41. The van der Waals surface area contributed by atoms with Crippen LogP contribution < -0.4 is 5.73 Å². The summed E-state index contributed by atoms with van der Waals surface area (Å²) in [4.78, 5) is 0. The highest BCUT2D eigenvalue weighted by Crippen LogP contribution is 2.48. The number of hydrogen-bond donors (Lipinski definition) is 1. The fourth-order valence-corrected chi connectivity index (χ4v) is 1.45.